The minimum atomic E-state index is -1.02. The van der Waals surface area contributed by atoms with E-state index in [4.69, 9.17) is 9.47 Å². The van der Waals surface area contributed by atoms with E-state index in [1.165, 1.54) is 0 Å². The molecule has 2 aromatic heterocycles. The number of rotatable bonds is 5. The van der Waals surface area contributed by atoms with Gasteiger partial charge < -0.3 is 14.6 Å². The van der Waals surface area contributed by atoms with Crippen LogP contribution < -0.4 is 4.74 Å². The maximum absolute atomic E-state index is 11.5. The average molecular weight is 317 g/mol. The number of aromatic nitrogens is 3. The largest absolute Gasteiger partial charge is 0.477 e. The van der Waals surface area contributed by atoms with Crippen LogP contribution in [0.2, 0.25) is 0 Å². The van der Waals surface area contributed by atoms with Crippen molar-refractivity contribution in [3.8, 4) is 5.88 Å². The number of carboxylic acids is 1. The van der Waals surface area contributed by atoms with Crippen molar-refractivity contribution in [1.29, 1.82) is 0 Å². The summed E-state index contributed by atoms with van der Waals surface area (Å²) in [6.45, 7) is 2.31. The monoisotopic (exact) mass is 317 g/mol. The van der Waals surface area contributed by atoms with Gasteiger partial charge in [-0.25, -0.2) is 4.79 Å². The smallest absolute Gasteiger partial charge is 0.341 e. The molecule has 122 valence electrons. The highest BCUT2D eigenvalue weighted by Gasteiger charge is 2.24. The summed E-state index contributed by atoms with van der Waals surface area (Å²) >= 11 is 0. The van der Waals surface area contributed by atoms with Crippen molar-refractivity contribution in [2.45, 2.75) is 38.3 Å². The summed E-state index contributed by atoms with van der Waals surface area (Å²) in [6.07, 6.45) is 5.98. The Labute approximate surface area is 133 Å². The van der Waals surface area contributed by atoms with Crippen molar-refractivity contribution < 1.29 is 19.4 Å². The summed E-state index contributed by atoms with van der Waals surface area (Å²) in [5.41, 5.74) is 0.636. The zero-order chi connectivity index (χ0) is 15.8. The topological polar surface area (TPSA) is 86.5 Å². The first-order valence-electron chi connectivity index (χ1n) is 8.05. The molecule has 7 nitrogen and oxygen atoms in total. The first-order chi connectivity index (χ1) is 11.2. The third-order valence-corrected chi connectivity index (χ3v) is 4.54. The van der Waals surface area contributed by atoms with Gasteiger partial charge in [0.15, 0.2) is 5.65 Å². The fraction of sp³-hybridized carbons (Fsp3) is 0.562. The molecule has 0 spiro atoms. The van der Waals surface area contributed by atoms with Crippen LogP contribution in [0, 0.1) is 5.92 Å². The molecular weight excluding hydrogens is 298 g/mol. The van der Waals surface area contributed by atoms with Crippen LogP contribution in [0.25, 0.3) is 11.0 Å². The van der Waals surface area contributed by atoms with Crippen molar-refractivity contribution in [2.24, 2.45) is 5.92 Å². The van der Waals surface area contributed by atoms with E-state index in [1.807, 2.05) is 10.9 Å². The first-order valence-corrected chi connectivity index (χ1v) is 8.05. The van der Waals surface area contributed by atoms with Crippen LogP contribution >= 0.6 is 0 Å². The molecule has 0 amide bonds. The number of aromatic carboxylic acids is 1. The van der Waals surface area contributed by atoms with Gasteiger partial charge in [0.1, 0.15) is 11.7 Å². The van der Waals surface area contributed by atoms with Gasteiger partial charge in [0.05, 0.1) is 6.61 Å². The van der Waals surface area contributed by atoms with E-state index in [9.17, 15) is 9.90 Å². The number of hydrogen-bond acceptors (Lipinski definition) is 5. The van der Waals surface area contributed by atoms with Crippen LogP contribution in [-0.2, 0) is 11.3 Å². The molecule has 1 atom stereocenters. The summed E-state index contributed by atoms with van der Waals surface area (Å²) in [5, 5.41) is 14.6. The lowest BCUT2D eigenvalue weighted by Gasteiger charge is -2.26. The third kappa shape index (κ3) is 2.88. The number of carbonyl (C=O) groups is 1. The number of ether oxygens (including phenoxy) is 2. The van der Waals surface area contributed by atoms with Crippen LogP contribution in [0.1, 0.15) is 36.0 Å². The molecule has 1 saturated heterocycles. The van der Waals surface area contributed by atoms with Crippen molar-refractivity contribution >= 4 is 17.0 Å². The second-order valence-electron chi connectivity index (χ2n) is 6.31. The van der Waals surface area contributed by atoms with Crippen LogP contribution in [0.3, 0.4) is 0 Å². The Kier molecular flexibility index (Phi) is 3.65. The van der Waals surface area contributed by atoms with E-state index >= 15 is 0 Å². The lowest BCUT2D eigenvalue weighted by Crippen LogP contribution is -2.26. The van der Waals surface area contributed by atoms with Gasteiger partial charge in [-0.3, -0.25) is 4.68 Å². The Balaban J connectivity index is 1.64. The normalized spacial score (nSPS) is 21.5. The van der Waals surface area contributed by atoms with Crippen LogP contribution in [-0.4, -0.2) is 45.2 Å². The zero-order valence-electron chi connectivity index (χ0n) is 12.8. The van der Waals surface area contributed by atoms with E-state index in [1.54, 1.807) is 6.07 Å². The Bertz CT molecular complexity index is 732. The SMILES string of the molecule is O=C(O)c1cc2cn(CC3CCOC3)nc2nc1OC1CCC1. The molecule has 4 rings (SSSR count). The van der Waals surface area contributed by atoms with Crippen molar-refractivity contribution in [3.63, 3.8) is 0 Å². The number of hydrogen-bond donors (Lipinski definition) is 1. The van der Waals surface area contributed by atoms with E-state index < -0.39 is 5.97 Å². The molecule has 2 aliphatic rings. The molecule has 23 heavy (non-hydrogen) atoms. The van der Waals surface area contributed by atoms with Crippen molar-refractivity contribution in [3.05, 3.63) is 17.8 Å². The molecule has 1 aliphatic heterocycles. The number of fused-ring (bicyclic) bond motifs is 1. The maximum Gasteiger partial charge on any atom is 0.341 e. The molecule has 1 saturated carbocycles. The summed E-state index contributed by atoms with van der Waals surface area (Å²) in [4.78, 5) is 15.8. The molecule has 1 unspecified atom stereocenters. The van der Waals surface area contributed by atoms with Crippen molar-refractivity contribution in [1.82, 2.24) is 14.8 Å². The van der Waals surface area contributed by atoms with Gasteiger partial charge in [-0.05, 0) is 31.7 Å². The fourth-order valence-corrected chi connectivity index (χ4v) is 2.96. The van der Waals surface area contributed by atoms with Crippen LogP contribution in [0.15, 0.2) is 12.3 Å². The maximum atomic E-state index is 11.5. The number of pyridine rings is 1. The average Bonchev–Trinajstić information content (AvgIpc) is 3.10. The van der Waals surface area contributed by atoms with E-state index in [0.29, 0.717) is 11.6 Å². The molecule has 1 N–H and O–H groups in total. The first kappa shape index (κ1) is 14.4. The lowest BCUT2D eigenvalue weighted by molar-refractivity contribution is 0.0676. The molecule has 1 aliphatic carbocycles. The minimum absolute atomic E-state index is 0.0794. The van der Waals surface area contributed by atoms with Gasteiger partial charge in [0, 0.05) is 30.7 Å². The van der Waals surface area contributed by atoms with Gasteiger partial charge in [0.2, 0.25) is 5.88 Å². The molecule has 0 radical (unpaired) electrons. The van der Waals surface area contributed by atoms with Gasteiger partial charge in [-0.1, -0.05) is 0 Å². The minimum Gasteiger partial charge on any atom is -0.477 e. The molecule has 2 fully saturated rings. The fourth-order valence-electron chi connectivity index (χ4n) is 2.96. The summed E-state index contributed by atoms with van der Waals surface area (Å²) < 4.78 is 12.9. The van der Waals surface area contributed by atoms with Crippen LogP contribution in [0.5, 0.6) is 5.88 Å². The Morgan fingerprint density at radius 2 is 2.30 bits per heavy atom. The molecule has 0 aromatic carbocycles. The molecular formula is C16H19N3O4. The van der Waals surface area contributed by atoms with E-state index in [2.05, 4.69) is 10.1 Å². The second kappa shape index (κ2) is 5.81. The highest BCUT2D eigenvalue weighted by molar-refractivity contribution is 5.94. The van der Waals surface area contributed by atoms with Crippen LogP contribution in [0.4, 0.5) is 0 Å². The molecule has 2 aromatic rings. The van der Waals surface area contributed by atoms with Gasteiger partial charge in [-0.15, -0.1) is 0 Å². The predicted molar refractivity (Wildman–Crippen MR) is 81.7 cm³/mol. The standard InChI is InChI=1S/C16H19N3O4/c20-16(21)13-6-11-8-19(7-10-4-5-22-9-10)18-14(11)17-15(13)23-12-2-1-3-12/h6,8,10,12H,1-5,7,9H2,(H,20,21). The van der Waals surface area contributed by atoms with Gasteiger partial charge in [0.25, 0.3) is 0 Å². The summed E-state index contributed by atoms with van der Waals surface area (Å²) in [5.74, 6) is -0.385. The zero-order valence-corrected chi connectivity index (χ0v) is 12.8. The van der Waals surface area contributed by atoms with Gasteiger partial charge >= 0.3 is 5.97 Å². The van der Waals surface area contributed by atoms with Gasteiger partial charge in [-0.2, -0.15) is 10.1 Å². The number of nitrogens with zero attached hydrogens (tertiary/aromatic N) is 3. The Hall–Kier alpha value is -2.15. The summed E-state index contributed by atoms with van der Waals surface area (Å²) in [6, 6.07) is 1.60. The molecule has 3 heterocycles. The highest BCUT2D eigenvalue weighted by Crippen LogP contribution is 2.28. The highest BCUT2D eigenvalue weighted by atomic mass is 16.5. The number of carboxylic acid groups (broad SMARTS) is 1. The molecule has 0 bridgehead atoms. The Morgan fingerprint density at radius 1 is 1.43 bits per heavy atom. The summed E-state index contributed by atoms with van der Waals surface area (Å²) in [7, 11) is 0. The predicted octanol–water partition coefficient (Wildman–Crippen LogP) is 2.10. The molecule has 7 heteroatoms. The van der Waals surface area contributed by atoms with E-state index in [-0.39, 0.29) is 17.5 Å². The Morgan fingerprint density at radius 3 is 2.96 bits per heavy atom. The van der Waals surface area contributed by atoms with E-state index in [0.717, 1.165) is 50.8 Å². The quantitative estimate of drug-likeness (QED) is 0.909. The van der Waals surface area contributed by atoms with Crippen molar-refractivity contribution in [2.75, 3.05) is 13.2 Å². The second-order valence-corrected chi connectivity index (χ2v) is 6.31. The third-order valence-electron chi connectivity index (χ3n) is 4.54. The lowest BCUT2D eigenvalue weighted by atomic mass is 9.96.